The topological polar surface area (TPSA) is 75.7 Å². The van der Waals surface area contributed by atoms with Gasteiger partial charge in [0.1, 0.15) is 12.4 Å². The number of nitriles is 1. The van der Waals surface area contributed by atoms with Crippen molar-refractivity contribution in [2.24, 2.45) is 5.92 Å². The van der Waals surface area contributed by atoms with Gasteiger partial charge in [0.2, 0.25) is 0 Å². The zero-order valence-electron chi connectivity index (χ0n) is 18.1. The molecule has 1 unspecified atom stereocenters. The molecule has 1 atom stereocenters. The van der Waals surface area contributed by atoms with Crippen molar-refractivity contribution < 1.29 is 9.47 Å². The smallest absolute Gasteiger partial charge is 0.119 e. The molecule has 32 heavy (non-hydrogen) atoms. The predicted molar refractivity (Wildman–Crippen MR) is 122 cm³/mol. The Morgan fingerprint density at radius 2 is 2.03 bits per heavy atom. The van der Waals surface area contributed by atoms with Crippen LogP contribution < -0.4 is 4.74 Å². The van der Waals surface area contributed by atoms with Crippen LogP contribution in [0.25, 0.3) is 22.2 Å². The summed E-state index contributed by atoms with van der Waals surface area (Å²) in [7, 11) is 0. The van der Waals surface area contributed by atoms with Crippen LogP contribution in [-0.2, 0) is 4.74 Å². The lowest BCUT2D eigenvalue weighted by atomic mass is 9.88. The number of rotatable bonds is 6. The zero-order chi connectivity index (χ0) is 21.8. The normalized spacial score (nSPS) is 19.5. The van der Waals surface area contributed by atoms with Crippen LogP contribution in [0.4, 0.5) is 0 Å². The fourth-order valence-corrected chi connectivity index (χ4v) is 4.40. The van der Waals surface area contributed by atoms with Crippen LogP contribution in [0.2, 0.25) is 0 Å². The van der Waals surface area contributed by atoms with E-state index in [0.717, 1.165) is 80.2 Å². The SMILES string of the molecule is N#CC1CC=C(c2nccn3ncc(-c4ccc(OCCN5CCOCC5)cc4)c23)CC1. The summed E-state index contributed by atoms with van der Waals surface area (Å²) < 4.78 is 13.2. The number of hydrogen-bond donors (Lipinski definition) is 0. The van der Waals surface area contributed by atoms with E-state index in [9.17, 15) is 5.26 Å². The molecule has 1 aliphatic heterocycles. The van der Waals surface area contributed by atoms with Crippen LogP contribution in [0.1, 0.15) is 25.0 Å². The number of hydrogen-bond acceptors (Lipinski definition) is 6. The van der Waals surface area contributed by atoms with Crippen LogP contribution in [0.5, 0.6) is 5.75 Å². The maximum atomic E-state index is 9.20. The predicted octanol–water partition coefficient (Wildman–Crippen LogP) is 3.81. The number of ether oxygens (including phenoxy) is 2. The van der Waals surface area contributed by atoms with Crippen molar-refractivity contribution in [3.8, 4) is 22.9 Å². The summed E-state index contributed by atoms with van der Waals surface area (Å²) in [4.78, 5) is 7.06. The molecule has 7 heteroatoms. The molecule has 5 rings (SSSR count). The Bertz CT molecular complexity index is 1140. The Kier molecular flexibility index (Phi) is 6.15. The van der Waals surface area contributed by atoms with Crippen LogP contribution in [0.15, 0.2) is 48.9 Å². The summed E-state index contributed by atoms with van der Waals surface area (Å²) in [6.07, 6.45) is 10.3. The molecular formula is C25H27N5O2. The summed E-state index contributed by atoms with van der Waals surface area (Å²) in [5.74, 6) is 0.980. The fourth-order valence-electron chi connectivity index (χ4n) is 4.40. The zero-order valence-corrected chi connectivity index (χ0v) is 18.1. The molecule has 0 amide bonds. The monoisotopic (exact) mass is 429 g/mol. The van der Waals surface area contributed by atoms with Gasteiger partial charge < -0.3 is 9.47 Å². The lowest BCUT2D eigenvalue weighted by molar-refractivity contribution is 0.0322. The lowest BCUT2D eigenvalue weighted by Gasteiger charge is -2.26. The summed E-state index contributed by atoms with van der Waals surface area (Å²) in [6, 6.07) is 10.6. The van der Waals surface area contributed by atoms with Gasteiger partial charge >= 0.3 is 0 Å². The molecule has 0 bridgehead atoms. The van der Waals surface area contributed by atoms with E-state index in [1.54, 1.807) is 6.20 Å². The maximum Gasteiger partial charge on any atom is 0.119 e. The molecule has 2 aromatic heterocycles. The molecule has 7 nitrogen and oxygen atoms in total. The average molecular weight is 430 g/mol. The number of nitrogens with zero attached hydrogens (tertiary/aromatic N) is 5. The summed E-state index contributed by atoms with van der Waals surface area (Å²) in [5.41, 5.74) is 5.31. The van der Waals surface area contributed by atoms with E-state index >= 15 is 0 Å². The number of morpholine rings is 1. The molecule has 3 aromatic rings. The van der Waals surface area contributed by atoms with Gasteiger partial charge in [-0.25, -0.2) is 4.52 Å². The van der Waals surface area contributed by atoms with Crippen LogP contribution >= 0.6 is 0 Å². The summed E-state index contributed by atoms with van der Waals surface area (Å²) in [5, 5.41) is 13.8. The minimum absolute atomic E-state index is 0.110. The van der Waals surface area contributed by atoms with Gasteiger partial charge in [0, 0.05) is 37.6 Å². The molecule has 1 aliphatic carbocycles. The van der Waals surface area contributed by atoms with Crippen molar-refractivity contribution in [2.75, 3.05) is 39.5 Å². The second kappa shape index (κ2) is 9.51. The highest BCUT2D eigenvalue weighted by Gasteiger charge is 2.20. The second-order valence-electron chi connectivity index (χ2n) is 8.28. The minimum atomic E-state index is 0.110. The fraction of sp³-hybridized carbons (Fsp3) is 0.400. The van der Waals surface area contributed by atoms with Crippen molar-refractivity contribution in [2.45, 2.75) is 19.3 Å². The van der Waals surface area contributed by atoms with E-state index in [4.69, 9.17) is 14.5 Å². The number of fused-ring (bicyclic) bond motifs is 1. The minimum Gasteiger partial charge on any atom is -0.492 e. The molecule has 3 heterocycles. The molecule has 1 aromatic carbocycles. The third-order valence-corrected chi connectivity index (χ3v) is 6.27. The molecule has 1 fully saturated rings. The molecule has 2 aliphatic rings. The molecule has 164 valence electrons. The van der Waals surface area contributed by atoms with E-state index in [-0.39, 0.29) is 5.92 Å². The Morgan fingerprint density at radius 3 is 2.78 bits per heavy atom. The highest BCUT2D eigenvalue weighted by molar-refractivity contribution is 5.88. The van der Waals surface area contributed by atoms with Gasteiger partial charge in [-0.2, -0.15) is 10.4 Å². The first-order valence-electron chi connectivity index (χ1n) is 11.3. The van der Waals surface area contributed by atoms with Crippen LogP contribution in [0.3, 0.4) is 0 Å². The summed E-state index contributed by atoms with van der Waals surface area (Å²) >= 11 is 0. The van der Waals surface area contributed by atoms with Gasteiger partial charge in [0.25, 0.3) is 0 Å². The Balaban J connectivity index is 1.33. The van der Waals surface area contributed by atoms with E-state index < -0.39 is 0 Å². The molecule has 0 N–H and O–H groups in total. The number of benzene rings is 1. The highest BCUT2D eigenvalue weighted by Crippen LogP contribution is 2.35. The van der Waals surface area contributed by atoms with Gasteiger partial charge in [0.05, 0.1) is 42.6 Å². The quantitative estimate of drug-likeness (QED) is 0.593. The van der Waals surface area contributed by atoms with E-state index in [1.807, 2.05) is 29.0 Å². The van der Waals surface area contributed by atoms with Gasteiger partial charge in [0.15, 0.2) is 0 Å². The van der Waals surface area contributed by atoms with Crippen molar-refractivity contribution in [1.82, 2.24) is 19.5 Å². The Labute approximate surface area is 187 Å². The van der Waals surface area contributed by atoms with Gasteiger partial charge in [-0.3, -0.25) is 9.88 Å². The second-order valence-corrected chi connectivity index (χ2v) is 8.28. The van der Waals surface area contributed by atoms with Crippen molar-refractivity contribution in [3.63, 3.8) is 0 Å². The first kappa shape index (κ1) is 20.7. The molecular weight excluding hydrogens is 402 g/mol. The third-order valence-electron chi connectivity index (χ3n) is 6.27. The van der Waals surface area contributed by atoms with Crippen LogP contribution in [0, 0.1) is 17.2 Å². The van der Waals surface area contributed by atoms with Gasteiger partial charge in [-0.15, -0.1) is 0 Å². The average Bonchev–Trinajstić information content (AvgIpc) is 3.30. The molecule has 0 saturated carbocycles. The largest absolute Gasteiger partial charge is 0.492 e. The lowest BCUT2D eigenvalue weighted by Crippen LogP contribution is -2.38. The van der Waals surface area contributed by atoms with Gasteiger partial charge in [-0.05, 0) is 42.5 Å². The molecule has 1 saturated heterocycles. The van der Waals surface area contributed by atoms with E-state index in [2.05, 4.69) is 34.3 Å². The third kappa shape index (κ3) is 4.38. The number of allylic oxidation sites excluding steroid dienone is 2. The van der Waals surface area contributed by atoms with Crippen molar-refractivity contribution in [1.29, 1.82) is 5.26 Å². The van der Waals surface area contributed by atoms with Crippen LogP contribution in [-0.4, -0.2) is 59.0 Å². The summed E-state index contributed by atoms with van der Waals surface area (Å²) in [6.45, 7) is 5.14. The van der Waals surface area contributed by atoms with Gasteiger partial charge in [-0.1, -0.05) is 18.2 Å². The van der Waals surface area contributed by atoms with Crippen molar-refractivity contribution in [3.05, 3.63) is 54.6 Å². The first-order valence-corrected chi connectivity index (χ1v) is 11.3. The van der Waals surface area contributed by atoms with E-state index in [1.165, 1.54) is 5.57 Å². The van der Waals surface area contributed by atoms with E-state index in [0.29, 0.717) is 6.61 Å². The molecule has 0 spiro atoms. The molecule has 0 radical (unpaired) electrons. The Hall–Kier alpha value is -3.21. The Morgan fingerprint density at radius 1 is 1.19 bits per heavy atom. The maximum absolute atomic E-state index is 9.20. The first-order chi connectivity index (χ1) is 15.8. The standard InChI is InChI=1S/C25H27N5O2/c26-17-19-1-3-21(4-2-19)24-25-23(18-28-30(25)10-9-27-24)20-5-7-22(8-6-20)32-16-13-29-11-14-31-15-12-29/h3,5-10,18-19H,1-2,4,11-16H2. The van der Waals surface area contributed by atoms with Crippen molar-refractivity contribution >= 4 is 11.1 Å². The number of aromatic nitrogens is 3. The highest BCUT2D eigenvalue weighted by atomic mass is 16.5.